The molecule has 1 aliphatic carbocycles. The van der Waals surface area contributed by atoms with E-state index in [2.05, 4.69) is 27.4 Å². The molecule has 2 aromatic carbocycles. The van der Waals surface area contributed by atoms with Crippen LogP contribution in [-0.4, -0.2) is 38.8 Å². The Kier molecular flexibility index (Phi) is 7.20. The molecule has 0 saturated carbocycles. The highest BCUT2D eigenvalue weighted by molar-refractivity contribution is 7.25. The van der Waals surface area contributed by atoms with Crippen LogP contribution in [0, 0.1) is 5.92 Å². The van der Waals surface area contributed by atoms with Gasteiger partial charge in [0.25, 0.3) is 5.56 Å². The van der Waals surface area contributed by atoms with Crippen molar-refractivity contribution < 1.29 is 4.74 Å². The zero-order chi connectivity index (χ0) is 26.5. The first-order valence-corrected chi connectivity index (χ1v) is 14.3. The van der Waals surface area contributed by atoms with Crippen LogP contribution in [0.4, 0.5) is 0 Å². The summed E-state index contributed by atoms with van der Waals surface area (Å²) >= 11 is 1.31. The van der Waals surface area contributed by atoms with Gasteiger partial charge >= 0.3 is 5.69 Å². The van der Waals surface area contributed by atoms with Crippen molar-refractivity contribution in [3.8, 4) is 5.75 Å². The fourth-order valence-electron chi connectivity index (χ4n) is 6.64. The van der Waals surface area contributed by atoms with Crippen LogP contribution >= 0.6 is 23.7 Å². The molecule has 3 atom stereocenters. The van der Waals surface area contributed by atoms with E-state index in [0.29, 0.717) is 51.9 Å². The van der Waals surface area contributed by atoms with E-state index >= 15 is 0 Å². The summed E-state index contributed by atoms with van der Waals surface area (Å²) in [7, 11) is 1.73. The predicted molar refractivity (Wildman–Crippen MR) is 160 cm³/mol. The van der Waals surface area contributed by atoms with Crippen LogP contribution < -0.4 is 21.3 Å². The maximum absolute atomic E-state index is 14.0. The summed E-state index contributed by atoms with van der Waals surface area (Å²) in [6, 6.07) is 16.4. The fraction of sp³-hybridized carbons (Fsp3) is 0.333. The average molecular weight is 576 g/mol. The lowest BCUT2D eigenvalue weighted by Crippen LogP contribution is -2.41. The lowest BCUT2D eigenvalue weighted by atomic mass is 9.73. The highest BCUT2D eigenvalue weighted by Crippen LogP contribution is 2.45. The van der Waals surface area contributed by atoms with Gasteiger partial charge in [-0.3, -0.25) is 13.9 Å². The second-order valence-electron chi connectivity index (χ2n) is 10.5. The molecule has 4 heterocycles. The van der Waals surface area contributed by atoms with Gasteiger partial charge in [-0.25, -0.2) is 14.8 Å². The molecular weight excluding hydrogens is 546 g/mol. The van der Waals surface area contributed by atoms with Crippen molar-refractivity contribution in [2.45, 2.75) is 44.3 Å². The number of methoxy groups -OCH3 is 1. The minimum Gasteiger partial charge on any atom is -0.496 e. The summed E-state index contributed by atoms with van der Waals surface area (Å²) in [6.07, 6.45) is 6.04. The van der Waals surface area contributed by atoms with Gasteiger partial charge in [-0.15, -0.1) is 23.7 Å². The summed E-state index contributed by atoms with van der Waals surface area (Å²) in [5.74, 6) is 1.84. The minimum atomic E-state index is -0.304. The molecule has 0 bridgehead atoms. The third kappa shape index (κ3) is 4.33. The van der Waals surface area contributed by atoms with Crippen LogP contribution in [0.15, 0.2) is 70.5 Å². The molecule has 0 radical (unpaired) electrons. The number of fused-ring (bicyclic) bond motifs is 6. The van der Waals surface area contributed by atoms with E-state index < -0.39 is 0 Å². The number of aromatic nitrogens is 4. The van der Waals surface area contributed by atoms with E-state index in [9.17, 15) is 9.59 Å². The van der Waals surface area contributed by atoms with Crippen molar-refractivity contribution in [3.63, 3.8) is 0 Å². The standard InChI is InChI=1S/C30H29N5O3S.ClH/c1-38-23-9-5-8-21-20(23)11-10-19-16-33-22(24(19)21)12-15-34-29(36)27-26(25-28(39-27)32-14-13-31-25)35(30(34)37)17-18-6-3-2-4-7-18;/h2-9,13-14,19,22,24,33H,10-12,15-17H2,1H3;1H/t19-,22?,24+;/m0./s1. The lowest BCUT2D eigenvalue weighted by Gasteiger charge is -2.32. The monoisotopic (exact) mass is 575 g/mol. The summed E-state index contributed by atoms with van der Waals surface area (Å²) in [4.78, 5) is 37.3. The number of ether oxygens (including phenoxy) is 1. The van der Waals surface area contributed by atoms with Gasteiger partial charge in [-0.2, -0.15) is 0 Å². The molecule has 2 aliphatic rings. The SMILES string of the molecule is COc1cccc2c1CC[C@H]1CNC(CCn3c(=O)c4sc5nccnc5c4n(Cc4ccccc4)c3=O)[C@@H]21.Cl. The van der Waals surface area contributed by atoms with Crippen molar-refractivity contribution >= 4 is 44.3 Å². The quantitative estimate of drug-likeness (QED) is 0.324. The number of benzene rings is 2. The van der Waals surface area contributed by atoms with Crippen LogP contribution in [-0.2, 0) is 19.5 Å². The zero-order valence-corrected chi connectivity index (χ0v) is 23.7. The number of hydrogen-bond donors (Lipinski definition) is 1. The summed E-state index contributed by atoms with van der Waals surface area (Å²) in [6.45, 7) is 1.65. The van der Waals surface area contributed by atoms with Gasteiger partial charge in [0.15, 0.2) is 0 Å². The third-order valence-corrected chi connectivity index (χ3v) is 9.48. The normalized spacial score (nSPS) is 19.8. The van der Waals surface area contributed by atoms with Gasteiger partial charge in [-0.1, -0.05) is 42.5 Å². The molecule has 8 nitrogen and oxygen atoms in total. The molecule has 0 spiro atoms. The van der Waals surface area contributed by atoms with Crippen molar-refractivity contribution in [2.24, 2.45) is 5.92 Å². The van der Waals surface area contributed by atoms with Gasteiger partial charge in [-0.05, 0) is 54.5 Å². The van der Waals surface area contributed by atoms with Crippen LogP contribution in [0.5, 0.6) is 5.75 Å². The first-order valence-electron chi connectivity index (χ1n) is 13.4. The van der Waals surface area contributed by atoms with E-state index in [4.69, 9.17) is 4.74 Å². The van der Waals surface area contributed by atoms with Crippen LogP contribution in [0.1, 0.15) is 35.4 Å². The molecular formula is C30H30ClN5O3S. The van der Waals surface area contributed by atoms with E-state index in [-0.39, 0.29) is 29.7 Å². The Morgan fingerprint density at radius 1 is 1.05 bits per heavy atom. The Morgan fingerprint density at radius 2 is 1.88 bits per heavy atom. The number of hydrogen-bond acceptors (Lipinski definition) is 7. The Morgan fingerprint density at radius 3 is 2.70 bits per heavy atom. The van der Waals surface area contributed by atoms with Crippen molar-refractivity contribution in [1.29, 1.82) is 0 Å². The molecule has 206 valence electrons. The lowest BCUT2D eigenvalue weighted by molar-refractivity contribution is 0.370. The van der Waals surface area contributed by atoms with Crippen molar-refractivity contribution in [1.82, 2.24) is 24.4 Å². The highest BCUT2D eigenvalue weighted by Gasteiger charge is 2.40. The highest BCUT2D eigenvalue weighted by atomic mass is 35.5. The number of rotatable bonds is 6. The number of halogens is 1. The maximum atomic E-state index is 14.0. The maximum Gasteiger partial charge on any atom is 0.331 e. The Balaban J connectivity index is 0.00000289. The molecule has 1 N–H and O–H groups in total. The second-order valence-corrected chi connectivity index (χ2v) is 11.5. The molecule has 7 rings (SSSR count). The zero-order valence-electron chi connectivity index (χ0n) is 22.1. The summed E-state index contributed by atoms with van der Waals surface area (Å²) in [5.41, 5.74) is 4.23. The molecule has 40 heavy (non-hydrogen) atoms. The van der Waals surface area contributed by atoms with E-state index in [1.54, 1.807) is 24.1 Å². The van der Waals surface area contributed by atoms with Gasteiger partial charge in [0.05, 0.1) is 19.2 Å². The van der Waals surface area contributed by atoms with Gasteiger partial charge in [0.1, 0.15) is 20.8 Å². The first kappa shape index (κ1) is 26.7. The smallest absolute Gasteiger partial charge is 0.331 e. The van der Waals surface area contributed by atoms with Crippen LogP contribution in [0.2, 0.25) is 0 Å². The predicted octanol–water partition coefficient (Wildman–Crippen LogP) is 4.35. The van der Waals surface area contributed by atoms with Crippen molar-refractivity contribution in [3.05, 3.63) is 98.5 Å². The van der Waals surface area contributed by atoms with Gasteiger partial charge in [0, 0.05) is 30.9 Å². The number of nitrogens with zero attached hydrogens (tertiary/aromatic N) is 4. The molecule has 1 aliphatic heterocycles. The molecule has 1 saturated heterocycles. The van der Waals surface area contributed by atoms with E-state index in [1.165, 1.54) is 27.0 Å². The average Bonchev–Trinajstić information content (AvgIpc) is 3.57. The van der Waals surface area contributed by atoms with Crippen LogP contribution in [0.25, 0.3) is 20.6 Å². The Bertz CT molecular complexity index is 1820. The second kappa shape index (κ2) is 10.8. The molecule has 10 heteroatoms. The van der Waals surface area contributed by atoms with Crippen LogP contribution in [0.3, 0.4) is 0 Å². The summed E-state index contributed by atoms with van der Waals surface area (Å²) in [5, 5.41) is 3.72. The number of nitrogens with one attached hydrogen (secondary N) is 1. The topological polar surface area (TPSA) is 91.0 Å². The van der Waals surface area contributed by atoms with Crippen molar-refractivity contribution in [2.75, 3.05) is 13.7 Å². The molecule has 1 fully saturated rings. The van der Waals surface area contributed by atoms with E-state index in [0.717, 1.165) is 30.7 Å². The molecule has 5 aromatic rings. The number of thiophene rings is 1. The molecule has 3 aromatic heterocycles. The Hall–Kier alpha value is -3.53. The van der Waals surface area contributed by atoms with E-state index in [1.807, 2.05) is 36.4 Å². The largest absolute Gasteiger partial charge is 0.496 e. The molecule has 0 amide bonds. The minimum absolute atomic E-state index is 0. The molecule has 1 unspecified atom stereocenters. The van der Waals surface area contributed by atoms with Gasteiger partial charge in [0.2, 0.25) is 0 Å². The van der Waals surface area contributed by atoms with Gasteiger partial charge < -0.3 is 10.1 Å². The third-order valence-electron chi connectivity index (χ3n) is 8.42. The summed E-state index contributed by atoms with van der Waals surface area (Å²) < 4.78 is 9.31. The fourth-order valence-corrected chi connectivity index (χ4v) is 7.70. The Labute approximate surface area is 241 Å². The first-order chi connectivity index (χ1) is 19.1.